The summed E-state index contributed by atoms with van der Waals surface area (Å²) in [6, 6.07) is 5.20. The first kappa shape index (κ1) is 22.1. The van der Waals surface area contributed by atoms with Crippen LogP contribution in [0.2, 0.25) is 0 Å². The molecule has 25 heavy (non-hydrogen) atoms. The van der Waals surface area contributed by atoms with Crippen LogP contribution >= 0.6 is 0 Å². The van der Waals surface area contributed by atoms with Crippen molar-refractivity contribution in [3.8, 4) is 0 Å². The van der Waals surface area contributed by atoms with E-state index < -0.39 is 23.9 Å². The smallest absolute Gasteiger partial charge is 0.335 e. The molecule has 0 aliphatic carbocycles. The van der Waals surface area contributed by atoms with Gasteiger partial charge < -0.3 is 20.4 Å². The maximum atomic E-state index is 10.4. The second-order valence-corrected chi connectivity index (χ2v) is 5.25. The summed E-state index contributed by atoms with van der Waals surface area (Å²) in [5.41, 5.74) is -0.0372. The van der Waals surface area contributed by atoms with E-state index in [4.69, 9.17) is 20.4 Å². The second-order valence-electron chi connectivity index (χ2n) is 5.25. The van der Waals surface area contributed by atoms with Gasteiger partial charge in [0.05, 0.1) is 11.1 Å². The number of rotatable bonds is 10. The van der Waals surface area contributed by atoms with Gasteiger partial charge in [-0.2, -0.15) is 0 Å². The zero-order chi connectivity index (χ0) is 19.2. The standard InChI is InChI=1S/C9H16O4.C8H6O4/c10-8(11)6-4-2-1-3-5-7-9(12)13;9-7(10)5-2-1-3-6(4-5)8(11)12/h1-7H2,(H,10,11)(H,12,13);1-4H,(H,9,10)(H,11,12). The van der Waals surface area contributed by atoms with Crippen LogP contribution in [0.4, 0.5) is 0 Å². The van der Waals surface area contributed by atoms with Crippen LogP contribution < -0.4 is 0 Å². The van der Waals surface area contributed by atoms with Crippen LogP contribution in [0.25, 0.3) is 0 Å². The fraction of sp³-hybridized carbons (Fsp3) is 0.412. The topological polar surface area (TPSA) is 149 Å². The number of hydrogen-bond acceptors (Lipinski definition) is 4. The Balaban J connectivity index is 0.000000462. The normalized spacial score (nSPS) is 9.60. The van der Waals surface area contributed by atoms with Crippen molar-refractivity contribution in [2.45, 2.75) is 44.9 Å². The molecule has 0 aromatic heterocycles. The Morgan fingerprint density at radius 1 is 0.640 bits per heavy atom. The molecule has 0 bridgehead atoms. The summed E-state index contributed by atoms with van der Waals surface area (Å²) >= 11 is 0. The number of benzene rings is 1. The molecule has 0 heterocycles. The van der Waals surface area contributed by atoms with E-state index in [2.05, 4.69) is 0 Å². The van der Waals surface area contributed by atoms with Crippen molar-refractivity contribution < 1.29 is 39.6 Å². The quantitative estimate of drug-likeness (QED) is 0.468. The Bertz CT molecular complexity index is 547. The van der Waals surface area contributed by atoms with Crippen LogP contribution in [-0.4, -0.2) is 44.3 Å². The third-order valence-corrected chi connectivity index (χ3v) is 3.14. The summed E-state index contributed by atoms with van der Waals surface area (Å²) in [6.07, 6.45) is 4.53. The molecule has 0 amide bonds. The summed E-state index contributed by atoms with van der Waals surface area (Å²) in [4.78, 5) is 41.0. The molecule has 0 saturated carbocycles. The van der Waals surface area contributed by atoms with E-state index in [9.17, 15) is 19.2 Å². The van der Waals surface area contributed by atoms with Gasteiger partial charge in [0.2, 0.25) is 0 Å². The van der Waals surface area contributed by atoms with Gasteiger partial charge in [-0.15, -0.1) is 0 Å². The molecule has 8 nitrogen and oxygen atoms in total. The Morgan fingerprint density at radius 3 is 1.32 bits per heavy atom. The number of aromatic carboxylic acids is 2. The largest absolute Gasteiger partial charge is 0.481 e. The van der Waals surface area contributed by atoms with Gasteiger partial charge in [0.15, 0.2) is 0 Å². The lowest BCUT2D eigenvalue weighted by Crippen LogP contribution is -2.01. The van der Waals surface area contributed by atoms with Crippen molar-refractivity contribution in [3.63, 3.8) is 0 Å². The molecule has 0 radical (unpaired) electrons. The van der Waals surface area contributed by atoms with Crippen LogP contribution in [-0.2, 0) is 9.59 Å². The van der Waals surface area contributed by atoms with Gasteiger partial charge in [-0.05, 0) is 31.0 Å². The zero-order valence-corrected chi connectivity index (χ0v) is 13.7. The van der Waals surface area contributed by atoms with E-state index in [0.717, 1.165) is 25.3 Å². The van der Waals surface area contributed by atoms with E-state index >= 15 is 0 Å². The molecule has 0 unspecified atom stereocenters. The minimum absolute atomic E-state index is 0.0186. The van der Waals surface area contributed by atoms with Gasteiger partial charge >= 0.3 is 23.9 Å². The molecule has 0 fully saturated rings. The fourth-order valence-corrected chi connectivity index (χ4v) is 1.87. The second kappa shape index (κ2) is 12.5. The number of aliphatic carboxylic acids is 2. The molecule has 138 valence electrons. The lowest BCUT2D eigenvalue weighted by molar-refractivity contribution is -0.138. The van der Waals surface area contributed by atoms with E-state index in [0.29, 0.717) is 12.8 Å². The minimum Gasteiger partial charge on any atom is -0.481 e. The molecule has 0 aliphatic rings. The van der Waals surface area contributed by atoms with E-state index in [1.54, 1.807) is 0 Å². The minimum atomic E-state index is -1.13. The van der Waals surface area contributed by atoms with Crippen molar-refractivity contribution in [2.75, 3.05) is 0 Å². The van der Waals surface area contributed by atoms with Crippen molar-refractivity contribution >= 4 is 23.9 Å². The van der Waals surface area contributed by atoms with Crippen molar-refractivity contribution in [2.24, 2.45) is 0 Å². The van der Waals surface area contributed by atoms with Crippen LogP contribution in [0.5, 0.6) is 0 Å². The molecule has 1 aromatic carbocycles. The van der Waals surface area contributed by atoms with Gasteiger partial charge in [0.25, 0.3) is 0 Å². The van der Waals surface area contributed by atoms with Crippen molar-refractivity contribution in [3.05, 3.63) is 35.4 Å². The highest BCUT2D eigenvalue weighted by Gasteiger charge is 2.06. The number of carboxylic acid groups (broad SMARTS) is 4. The maximum Gasteiger partial charge on any atom is 0.335 e. The van der Waals surface area contributed by atoms with E-state index in [1.807, 2.05) is 0 Å². The third-order valence-electron chi connectivity index (χ3n) is 3.14. The van der Waals surface area contributed by atoms with Crippen LogP contribution in [0.15, 0.2) is 24.3 Å². The molecule has 4 N–H and O–H groups in total. The first-order chi connectivity index (χ1) is 11.7. The van der Waals surface area contributed by atoms with Gasteiger partial charge in [-0.3, -0.25) is 9.59 Å². The Kier molecular flexibility index (Phi) is 11.1. The highest BCUT2D eigenvalue weighted by atomic mass is 16.4. The summed E-state index contributed by atoms with van der Waals surface area (Å²) < 4.78 is 0. The highest BCUT2D eigenvalue weighted by molar-refractivity contribution is 5.93. The first-order valence-corrected chi connectivity index (χ1v) is 7.74. The molecule has 8 heteroatoms. The number of carboxylic acids is 4. The lowest BCUT2D eigenvalue weighted by Gasteiger charge is -1.97. The van der Waals surface area contributed by atoms with Crippen LogP contribution in [0, 0.1) is 0 Å². The van der Waals surface area contributed by atoms with Crippen LogP contribution in [0.3, 0.4) is 0 Å². The van der Waals surface area contributed by atoms with Gasteiger partial charge in [0, 0.05) is 12.8 Å². The molecular weight excluding hydrogens is 332 g/mol. The average molecular weight is 354 g/mol. The maximum absolute atomic E-state index is 10.4. The average Bonchev–Trinajstić information content (AvgIpc) is 2.54. The Hall–Kier alpha value is -2.90. The van der Waals surface area contributed by atoms with Gasteiger partial charge in [0.1, 0.15) is 0 Å². The molecule has 0 aliphatic heterocycles. The Labute approximate surface area is 144 Å². The predicted molar refractivity (Wildman–Crippen MR) is 88.0 cm³/mol. The summed E-state index contributed by atoms with van der Waals surface area (Å²) in [6.45, 7) is 0. The van der Waals surface area contributed by atoms with Crippen molar-refractivity contribution in [1.29, 1.82) is 0 Å². The molecule has 1 rings (SSSR count). The van der Waals surface area contributed by atoms with E-state index in [1.165, 1.54) is 18.2 Å². The van der Waals surface area contributed by atoms with Gasteiger partial charge in [-0.1, -0.05) is 25.3 Å². The zero-order valence-electron chi connectivity index (χ0n) is 13.7. The molecule has 0 saturated heterocycles. The Morgan fingerprint density at radius 2 is 1.00 bits per heavy atom. The number of hydrogen-bond donors (Lipinski definition) is 4. The molecular formula is C17H22O8. The SMILES string of the molecule is O=C(O)CCCCCCCC(=O)O.O=C(O)c1cccc(C(=O)O)c1. The predicted octanol–water partition coefficient (Wildman–Crippen LogP) is 2.97. The number of carbonyl (C=O) groups is 4. The fourth-order valence-electron chi connectivity index (χ4n) is 1.87. The monoisotopic (exact) mass is 354 g/mol. The highest BCUT2D eigenvalue weighted by Crippen LogP contribution is 2.07. The molecule has 0 spiro atoms. The summed E-state index contributed by atoms with van der Waals surface area (Å²) in [7, 11) is 0. The first-order valence-electron chi connectivity index (χ1n) is 7.74. The summed E-state index contributed by atoms with van der Waals surface area (Å²) in [5, 5.41) is 33.6. The van der Waals surface area contributed by atoms with Crippen LogP contribution in [0.1, 0.15) is 65.7 Å². The lowest BCUT2D eigenvalue weighted by atomic mass is 10.1. The molecule has 0 atom stereocenters. The number of unbranched alkanes of at least 4 members (excludes halogenated alkanes) is 4. The summed E-state index contributed by atoms with van der Waals surface area (Å²) in [5.74, 6) is -3.77. The molecule has 1 aromatic rings. The third kappa shape index (κ3) is 12.2. The van der Waals surface area contributed by atoms with E-state index in [-0.39, 0.29) is 24.0 Å². The van der Waals surface area contributed by atoms with Gasteiger partial charge in [-0.25, -0.2) is 9.59 Å². The van der Waals surface area contributed by atoms with Crippen molar-refractivity contribution in [1.82, 2.24) is 0 Å².